The second kappa shape index (κ2) is 8.06. The standard InChI is InChI=1S/C24H24N6/c1-17(20-14-26-30(16-20)15-18-6-3-2-4-7-18)27-24-21-8-5-9-22(21)28-23(29-24)19-10-12-25-13-11-19/h2-4,6-7,10-14,16-17H,5,8-9,15H2,1H3,(H,27,28,29). The van der Waals surface area contributed by atoms with Gasteiger partial charge in [0.1, 0.15) is 5.82 Å². The molecule has 1 aromatic carbocycles. The molecule has 6 heteroatoms. The third kappa shape index (κ3) is 3.81. The number of fused-ring (bicyclic) bond motifs is 1. The lowest BCUT2D eigenvalue weighted by molar-refractivity contribution is 0.685. The molecule has 0 fully saturated rings. The Bertz CT molecular complexity index is 1140. The van der Waals surface area contributed by atoms with Crippen molar-refractivity contribution in [2.75, 3.05) is 5.32 Å². The van der Waals surface area contributed by atoms with E-state index in [0.29, 0.717) is 0 Å². The molecule has 1 aliphatic rings. The summed E-state index contributed by atoms with van der Waals surface area (Å²) in [5, 5.41) is 8.17. The van der Waals surface area contributed by atoms with E-state index in [1.54, 1.807) is 12.4 Å². The molecule has 0 spiro atoms. The van der Waals surface area contributed by atoms with Gasteiger partial charge in [-0.05, 0) is 43.9 Å². The minimum Gasteiger partial charge on any atom is -0.363 e. The number of aryl methyl sites for hydroxylation is 1. The van der Waals surface area contributed by atoms with E-state index in [9.17, 15) is 0 Å². The van der Waals surface area contributed by atoms with Crippen LogP contribution in [-0.2, 0) is 19.4 Å². The number of aromatic nitrogens is 5. The number of nitrogens with one attached hydrogen (secondary N) is 1. The number of hydrogen-bond donors (Lipinski definition) is 1. The first-order valence-electron chi connectivity index (χ1n) is 10.4. The van der Waals surface area contributed by atoms with Crippen LogP contribution in [0.5, 0.6) is 0 Å². The summed E-state index contributed by atoms with van der Waals surface area (Å²) in [6, 6.07) is 14.4. The summed E-state index contributed by atoms with van der Waals surface area (Å²) in [5.74, 6) is 1.69. The summed E-state index contributed by atoms with van der Waals surface area (Å²) >= 11 is 0. The first kappa shape index (κ1) is 18.5. The Morgan fingerprint density at radius 3 is 2.70 bits per heavy atom. The fraction of sp³-hybridized carbons (Fsp3) is 0.250. The molecule has 150 valence electrons. The summed E-state index contributed by atoms with van der Waals surface area (Å²) in [6.07, 6.45) is 10.8. The van der Waals surface area contributed by atoms with Gasteiger partial charge in [-0.3, -0.25) is 9.67 Å². The first-order chi connectivity index (χ1) is 14.8. The molecule has 0 amide bonds. The molecule has 5 rings (SSSR count). The Kier molecular flexibility index (Phi) is 4.97. The summed E-state index contributed by atoms with van der Waals surface area (Å²) in [5.41, 5.74) is 5.78. The van der Waals surface area contributed by atoms with Crippen LogP contribution in [0.4, 0.5) is 5.82 Å². The van der Waals surface area contributed by atoms with Crippen molar-refractivity contribution in [3.05, 3.63) is 89.6 Å². The smallest absolute Gasteiger partial charge is 0.161 e. The van der Waals surface area contributed by atoms with Gasteiger partial charge in [0.2, 0.25) is 0 Å². The minimum absolute atomic E-state index is 0.0967. The molecular formula is C24H24N6. The van der Waals surface area contributed by atoms with Gasteiger partial charge in [0, 0.05) is 41.0 Å². The molecule has 0 saturated carbocycles. The molecule has 1 unspecified atom stereocenters. The van der Waals surface area contributed by atoms with Crippen molar-refractivity contribution in [3.63, 3.8) is 0 Å². The lowest BCUT2D eigenvalue weighted by Crippen LogP contribution is -2.11. The monoisotopic (exact) mass is 396 g/mol. The zero-order valence-corrected chi connectivity index (χ0v) is 17.0. The predicted octanol–water partition coefficient (Wildman–Crippen LogP) is 4.45. The lowest BCUT2D eigenvalue weighted by Gasteiger charge is -2.17. The van der Waals surface area contributed by atoms with Crippen molar-refractivity contribution in [2.24, 2.45) is 0 Å². The molecule has 0 radical (unpaired) electrons. The molecule has 1 aliphatic carbocycles. The van der Waals surface area contributed by atoms with Crippen molar-refractivity contribution in [3.8, 4) is 11.4 Å². The van der Waals surface area contributed by atoms with Crippen LogP contribution < -0.4 is 5.32 Å². The Balaban J connectivity index is 1.38. The van der Waals surface area contributed by atoms with Crippen molar-refractivity contribution in [1.82, 2.24) is 24.7 Å². The third-order valence-corrected chi connectivity index (χ3v) is 5.57. The van der Waals surface area contributed by atoms with E-state index >= 15 is 0 Å². The average Bonchev–Trinajstić information content (AvgIpc) is 3.45. The molecule has 1 atom stereocenters. The second-order valence-electron chi connectivity index (χ2n) is 7.73. The van der Waals surface area contributed by atoms with E-state index in [0.717, 1.165) is 54.3 Å². The SMILES string of the molecule is CC(Nc1nc(-c2ccncc2)nc2c1CCC2)c1cnn(Cc2ccccc2)c1. The van der Waals surface area contributed by atoms with Crippen molar-refractivity contribution in [2.45, 2.75) is 38.8 Å². The number of benzene rings is 1. The van der Waals surface area contributed by atoms with Gasteiger partial charge in [-0.15, -0.1) is 0 Å². The fourth-order valence-corrected chi connectivity index (χ4v) is 3.93. The van der Waals surface area contributed by atoms with E-state index < -0.39 is 0 Å². The van der Waals surface area contributed by atoms with Gasteiger partial charge in [0.15, 0.2) is 5.82 Å². The van der Waals surface area contributed by atoms with Gasteiger partial charge in [-0.25, -0.2) is 9.97 Å². The highest BCUT2D eigenvalue weighted by molar-refractivity contribution is 5.60. The van der Waals surface area contributed by atoms with E-state index in [1.165, 1.54) is 11.1 Å². The second-order valence-corrected chi connectivity index (χ2v) is 7.73. The summed E-state index contributed by atoms with van der Waals surface area (Å²) in [7, 11) is 0. The molecule has 30 heavy (non-hydrogen) atoms. The first-order valence-corrected chi connectivity index (χ1v) is 10.4. The van der Waals surface area contributed by atoms with Crippen LogP contribution in [0.1, 0.15) is 41.8 Å². The maximum absolute atomic E-state index is 4.88. The molecule has 3 aromatic heterocycles. The van der Waals surface area contributed by atoms with Gasteiger partial charge in [-0.1, -0.05) is 30.3 Å². The molecule has 0 saturated heterocycles. The van der Waals surface area contributed by atoms with Gasteiger partial charge in [-0.2, -0.15) is 5.10 Å². The van der Waals surface area contributed by atoms with E-state index in [1.807, 2.05) is 29.1 Å². The maximum Gasteiger partial charge on any atom is 0.161 e. The quantitative estimate of drug-likeness (QED) is 0.522. The minimum atomic E-state index is 0.0967. The van der Waals surface area contributed by atoms with E-state index in [-0.39, 0.29) is 6.04 Å². The van der Waals surface area contributed by atoms with Crippen molar-refractivity contribution in [1.29, 1.82) is 0 Å². The Hall–Kier alpha value is -3.54. The fourth-order valence-electron chi connectivity index (χ4n) is 3.93. The number of rotatable bonds is 6. The van der Waals surface area contributed by atoms with E-state index in [4.69, 9.17) is 9.97 Å². The highest BCUT2D eigenvalue weighted by Gasteiger charge is 2.21. The van der Waals surface area contributed by atoms with Gasteiger partial charge in [0.05, 0.1) is 18.8 Å². The highest BCUT2D eigenvalue weighted by atomic mass is 15.3. The molecule has 3 heterocycles. The zero-order chi connectivity index (χ0) is 20.3. The molecule has 1 N–H and O–H groups in total. The molecule has 6 nitrogen and oxygen atoms in total. The summed E-state index contributed by atoms with van der Waals surface area (Å²) in [4.78, 5) is 13.8. The van der Waals surface area contributed by atoms with Crippen LogP contribution in [0.2, 0.25) is 0 Å². The topological polar surface area (TPSA) is 68.5 Å². The Morgan fingerprint density at radius 2 is 1.87 bits per heavy atom. The molecule has 0 aliphatic heterocycles. The van der Waals surface area contributed by atoms with Crippen molar-refractivity contribution < 1.29 is 0 Å². The molecule has 4 aromatic rings. The molecule has 0 bridgehead atoms. The predicted molar refractivity (Wildman–Crippen MR) is 117 cm³/mol. The van der Waals surface area contributed by atoms with Crippen LogP contribution in [0.25, 0.3) is 11.4 Å². The van der Waals surface area contributed by atoms with Gasteiger partial charge >= 0.3 is 0 Å². The van der Waals surface area contributed by atoms with Crippen LogP contribution >= 0.6 is 0 Å². The Morgan fingerprint density at radius 1 is 1.03 bits per heavy atom. The van der Waals surface area contributed by atoms with E-state index in [2.05, 4.69) is 52.8 Å². The largest absolute Gasteiger partial charge is 0.363 e. The van der Waals surface area contributed by atoms with Crippen LogP contribution in [0.3, 0.4) is 0 Å². The third-order valence-electron chi connectivity index (χ3n) is 5.57. The number of pyridine rings is 1. The van der Waals surface area contributed by atoms with Crippen LogP contribution in [-0.4, -0.2) is 24.7 Å². The zero-order valence-electron chi connectivity index (χ0n) is 17.0. The van der Waals surface area contributed by atoms with Gasteiger partial charge < -0.3 is 5.32 Å². The van der Waals surface area contributed by atoms with Crippen LogP contribution in [0.15, 0.2) is 67.3 Å². The normalized spacial score (nSPS) is 13.8. The number of hydrogen-bond acceptors (Lipinski definition) is 5. The number of nitrogens with zero attached hydrogens (tertiary/aromatic N) is 5. The molecular weight excluding hydrogens is 372 g/mol. The van der Waals surface area contributed by atoms with Crippen molar-refractivity contribution >= 4 is 5.82 Å². The summed E-state index contributed by atoms with van der Waals surface area (Å²) in [6.45, 7) is 2.92. The average molecular weight is 396 g/mol. The maximum atomic E-state index is 4.88. The highest BCUT2D eigenvalue weighted by Crippen LogP contribution is 2.31. The lowest BCUT2D eigenvalue weighted by atomic mass is 10.1. The van der Waals surface area contributed by atoms with Gasteiger partial charge in [0.25, 0.3) is 0 Å². The Labute approximate surface area is 176 Å². The summed E-state index contributed by atoms with van der Waals surface area (Å²) < 4.78 is 1.98. The van der Waals surface area contributed by atoms with Crippen LogP contribution in [0, 0.1) is 0 Å². The number of anilines is 1.